The molecule has 1 heterocycles. The zero-order valence-electron chi connectivity index (χ0n) is 12.6. The van der Waals surface area contributed by atoms with Gasteiger partial charge in [0, 0.05) is 18.5 Å². The van der Waals surface area contributed by atoms with Crippen LogP contribution in [0, 0.1) is 0 Å². The minimum Gasteiger partial charge on any atom is -0.409 e. The minimum absolute atomic E-state index is 0.0976. The van der Waals surface area contributed by atoms with Crippen molar-refractivity contribution in [3.8, 4) is 0 Å². The van der Waals surface area contributed by atoms with Crippen LogP contribution in [0.1, 0.15) is 32.3 Å². The first-order chi connectivity index (χ1) is 10.2. The van der Waals surface area contributed by atoms with E-state index < -0.39 is 0 Å². The minimum atomic E-state index is 0.0976. The van der Waals surface area contributed by atoms with Crippen LogP contribution < -0.4 is 10.6 Å². The van der Waals surface area contributed by atoms with Gasteiger partial charge in [0.1, 0.15) is 5.82 Å². The van der Waals surface area contributed by atoms with Crippen LogP contribution in [0.3, 0.4) is 0 Å². The molecule has 5 heteroatoms. The molecule has 0 aliphatic carbocycles. The van der Waals surface area contributed by atoms with E-state index >= 15 is 0 Å². The van der Waals surface area contributed by atoms with E-state index in [-0.39, 0.29) is 5.84 Å². The van der Waals surface area contributed by atoms with Gasteiger partial charge in [-0.1, -0.05) is 37.2 Å². The Hall–Kier alpha value is -2.30. The first-order valence-corrected chi connectivity index (χ1v) is 7.33. The van der Waals surface area contributed by atoms with Crippen molar-refractivity contribution < 1.29 is 5.21 Å². The van der Waals surface area contributed by atoms with Crippen molar-refractivity contribution in [1.82, 2.24) is 4.98 Å². The Bertz CT molecular complexity index is 633. The summed E-state index contributed by atoms with van der Waals surface area (Å²) in [6.07, 6.45) is 2.04. The van der Waals surface area contributed by atoms with Crippen LogP contribution in [-0.4, -0.2) is 29.1 Å². The number of nitrogens with zero attached hydrogens (tertiary/aromatic N) is 3. The number of oxime groups is 1. The van der Waals surface area contributed by atoms with Crippen LogP contribution in [0.2, 0.25) is 0 Å². The lowest BCUT2D eigenvalue weighted by atomic mass is 10.1. The van der Waals surface area contributed by atoms with Gasteiger partial charge in [0.15, 0.2) is 5.84 Å². The monoisotopic (exact) mass is 286 g/mol. The summed E-state index contributed by atoms with van der Waals surface area (Å²) in [5, 5.41) is 13.2. The van der Waals surface area contributed by atoms with Gasteiger partial charge in [0.05, 0.1) is 11.1 Å². The first-order valence-electron chi connectivity index (χ1n) is 7.33. The first kappa shape index (κ1) is 15.1. The highest BCUT2D eigenvalue weighted by Crippen LogP contribution is 2.24. The number of amidine groups is 1. The van der Waals surface area contributed by atoms with Crippen LogP contribution in [0.5, 0.6) is 0 Å². The largest absolute Gasteiger partial charge is 0.409 e. The molecule has 0 amide bonds. The van der Waals surface area contributed by atoms with Crippen molar-refractivity contribution >= 4 is 22.6 Å². The number of hydrogen-bond acceptors (Lipinski definition) is 4. The van der Waals surface area contributed by atoms with Crippen LogP contribution in [0.15, 0.2) is 35.5 Å². The van der Waals surface area contributed by atoms with Gasteiger partial charge >= 0.3 is 0 Å². The normalized spacial score (nSPS) is 11.8. The molecule has 0 bridgehead atoms. The highest BCUT2D eigenvalue weighted by molar-refractivity contribution is 6.04. The number of nitrogens with two attached hydrogens (primary N) is 1. The van der Waals surface area contributed by atoms with Crippen molar-refractivity contribution in [1.29, 1.82) is 0 Å². The van der Waals surface area contributed by atoms with Gasteiger partial charge in [-0.2, -0.15) is 0 Å². The molecule has 2 aromatic rings. The summed E-state index contributed by atoms with van der Waals surface area (Å²) in [4.78, 5) is 6.93. The zero-order chi connectivity index (χ0) is 15.2. The molecule has 5 nitrogen and oxygen atoms in total. The maximum absolute atomic E-state index is 9.04. The molecule has 0 radical (unpaired) electrons. The summed E-state index contributed by atoms with van der Waals surface area (Å²) in [7, 11) is 0. The van der Waals surface area contributed by atoms with Crippen LogP contribution in [0.4, 0.5) is 5.82 Å². The molecule has 1 aromatic carbocycles. The number of anilines is 1. The van der Waals surface area contributed by atoms with Crippen molar-refractivity contribution in [2.24, 2.45) is 10.9 Å². The van der Waals surface area contributed by atoms with E-state index in [2.05, 4.69) is 23.9 Å². The van der Waals surface area contributed by atoms with E-state index in [1.807, 2.05) is 30.3 Å². The van der Waals surface area contributed by atoms with E-state index in [4.69, 9.17) is 15.9 Å². The number of pyridine rings is 1. The van der Waals surface area contributed by atoms with Crippen molar-refractivity contribution in [2.45, 2.75) is 26.7 Å². The van der Waals surface area contributed by atoms with E-state index in [1.54, 1.807) is 0 Å². The number of fused-ring (bicyclic) bond motifs is 1. The Morgan fingerprint density at radius 3 is 2.52 bits per heavy atom. The van der Waals surface area contributed by atoms with Crippen LogP contribution in [-0.2, 0) is 0 Å². The fourth-order valence-corrected chi connectivity index (χ4v) is 2.45. The van der Waals surface area contributed by atoms with Crippen molar-refractivity contribution in [3.63, 3.8) is 0 Å². The quantitative estimate of drug-likeness (QED) is 0.370. The van der Waals surface area contributed by atoms with E-state index in [0.717, 1.165) is 42.7 Å². The highest BCUT2D eigenvalue weighted by atomic mass is 16.4. The zero-order valence-corrected chi connectivity index (χ0v) is 12.6. The average Bonchev–Trinajstić information content (AvgIpc) is 2.52. The molecule has 0 fully saturated rings. The third-order valence-corrected chi connectivity index (χ3v) is 3.37. The third kappa shape index (κ3) is 3.24. The molecule has 0 aliphatic heterocycles. The third-order valence-electron chi connectivity index (χ3n) is 3.37. The van der Waals surface area contributed by atoms with Crippen molar-refractivity contribution in [2.75, 3.05) is 18.0 Å². The second-order valence-corrected chi connectivity index (χ2v) is 5.02. The summed E-state index contributed by atoms with van der Waals surface area (Å²) >= 11 is 0. The second-order valence-electron chi connectivity index (χ2n) is 5.02. The number of benzene rings is 1. The number of para-hydroxylation sites is 1. The summed E-state index contributed by atoms with van der Waals surface area (Å²) in [5.41, 5.74) is 7.44. The summed E-state index contributed by atoms with van der Waals surface area (Å²) in [5.74, 6) is 0.883. The predicted octanol–water partition coefficient (Wildman–Crippen LogP) is 2.96. The molecule has 0 spiro atoms. The number of aromatic nitrogens is 1. The summed E-state index contributed by atoms with van der Waals surface area (Å²) < 4.78 is 0. The SMILES string of the molecule is CCCN(CCC)c1nc2ccccc2cc1C(N)=NO. The van der Waals surface area contributed by atoms with Crippen molar-refractivity contribution in [3.05, 3.63) is 35.9 Å². The molecule has 112 valence electrons. The highest BCUT2D eigenvalue weighted by Gasteiger charge is 2.16. The molecule has 3 N–H and O–H groups in total. The lowest BCUT2D eigenvalue weighted by molar-refractivity contribution is 0.318. The maximum atomic E-state index is 9.04. The predicted molar refractivity (Wildman–Crippen MR) is 87.0 cm³/mol. The van der Waals surface area contributed by atoms with Gasteiger partial charge in [-0.25, -0.2) is 4.98 Å². The standard InChI is InChI=1S/C16H22N4O/c1-3-9-20(10-4-2)16-13(15(17)19-21)11-12-7-5-6-8-14(12)18-16/h5-8,11,21H,3-4,9-10H2,1-2H3,(H2,17,19). The molecule has 0 aliphatic rings. The fraction of sp³-hybridized carbons (Fsp3) is 0.375. The lowest BCUT2D eigenvalue weighted by Gasteiger charge is -2.25. The molecule has 0 saturated carbocycles. The van der Waals surface area contributed by atoms with E-state index in [9.17, 15) is 0 Å². The Kier molecular flexibility index (Phi) is 4.98. The Morgan fingerprint density at radius 1 is 1.24 bits per heavy atom. The topological polar surface area (TPSA) is 74.7 Å². The molecule has 1 aromatic heterocycles. The van der Waals surface area contributed by atoms with Gasteiger partial charge in [-0.3, -0.25) is 0 Å². The maximum Gasteiger partial charge on any atom is 0.173 e. The lowest BCUT2D eigenvalue weighted by Crippen LogP contribution is -2.29. The Balaban J connectivity index is 2.62. The Morgan fingerprint density at radius 2 is 1.90 bits per heavy atom. The van der Waals surface area contributed by atoms with Gasteiger partial charge in [0.2, 0.25) is 0 Å². The van der Waals surface area contributed by atoms with Gasteiger partial charge in [-0.15, -0.1) is 0 Å². The molecule has 0 unspecified atom stereocenters. The molecule has 0 saturated heterocycles. The van der Waals surface area contributed by atoms with E-state index in [1.165, 1.54) is 0 Å². The van der Waals surface area contributed by atoms with Gasteiger partial charge in [-0.05, 0) is 25.0 Å². The molecule has 21 heavy (non-hydrogen) atoms. The summed E-state index contributed by atoms with van der Waals surface area (Å²) in [6, 6.07) is 9.81. The fourth-order valence-electron chi connectivity index (χ4n) is 2.45. The van der Waals surface area contributed by atoms with Crippen LogP contribution >= 0.6 is 0 Å². The molecule has 0 atom stereocenters. The molecular weight excluding hydrogens is 264 g/mol. The Labute approximate surface area is 125 Å². The van der Waals surface area contributed by atoms with Gasteiger partial charge < -0.3 is 15.8 Å². The van der Waals surface area contributed by atoms with E-state index in [0.29, 0.717) is 5.56 Å². The number of hydrogen-bond donors (Lipinski definition) is 2. The number of rotatable bonds is 6. The van der Waals surface area contributed by atoms with Gasteiger partial charge in [0.25, 0.3) is 0 Å². The molecular formula is C16H22N4O. The average molecular weight is 286 g/mol. The smallest absolute Gasteiger partial charge is 0.173 e. The van der Waals surface area contributed by atoms with Crippen LogP contribution in [0.25, 0.3) is 10.9 Å². The summed E-state index contributed by atoms with van der Waals surface area (Å²) in [6.45, 7) is 6.05. The second kappa shape index (κ2) is 6.92. The molecule has 2 rings (SSSR count).